The van der Waals surface area contributed by atoms with Crippen molar-refractivity contribution in [3.8, 4) is 11.5 Å². The van der Waals surface area contributed by atoms with E-state index < -0.39 is 11.9 Å². The first-order valence-corrected chi connectivity index (χ1v) is 10.8. The highest BCUT2D eigenvalue weighted by Gasteiger charge is 2.15. The van der Waals surface area contributed by atoms with E-state index in [9.17, 15) is 14.4 Å². The van der Waals surface area contributed by atoms with Crippen LogP contribution in [0.2, 0.25) is 0 Å². The lowest BCUT2D eigenvalue weighted by Gasteiger charge is -2.17. The van der Waals surface area contributed by atoms with Gasteiger partial charge in [0.05, 0.1) is 18.5 Å². The lowest BCUT2D eigenvalue weighted by molar-refractivity contribution is -0.141. The Morgan fingerprint density at radius 3 is 2.60 bits per heavy atom. The van der Waals surface area contributed by atoms with Gasteiger partial charge in [-0.15, -0.1) is 0 Å². The number of hydrogen-bond acceptors (Lipinski definition) is 7. The second-order valence-corrected chi connectivity index (χ2v) is 7.81. The number of carboxylic acid groups (broad SMARTS) is 1. The summed E-state index contributed by atoms with van der Waals surface area (Å²) in [4.78, 5) is 37.4. The number of hydrogen-bond donors (Lipinski definition) is 2. The quantitative estimate of drug-likeness (QED) is 0.241. The van der Waals surface area contributed by atoms with Gasteiger partial charge in [-0.3, -0.25) is 24.4 Å². The van der Waals surface area contributed by atoms with E-state index in [4.69, 9.17) is 20.4 Å². The molecule has 2 heterocycles. The number of ether oxygens (including phenoxy) is 2. The molecule has 0 unspecified atom stereocenters. The number of para-hydroxylation sites is 1. The highest BCUT2D eigenvalue weighted by Crippen LogP contribution is 2.33. The van der Waals surface area contributed by atoms with Gasteiger partial charge in [0, 0.05) is 23.6 Å². The number of allylic oxidation sites excluding steroid dienone is 3. The van der Waals surface area contributed by atoms with Crippen LogP contribution in [0.25, 0.3) is 17.0 Å². The van der Waals surface area contributed by atoms with Crippen molar-refractivity contribution in [1.82, 2.24) is 9.99 Å². The van der Waals surface area contributed by atoms with Crippen LogP contribution in [0.4, 0.5) is 0 Å². The number of nitrogens with zero attached hydrogens (tertiary/aromatic N) is 2. The van der Waals surface area contributed by atoms with Crippen molar-refractivity contribution in [3.63, 3.8) is 0 Å². The molecule has 178 valence electrons. The molecule has 1 aliphatic carbocycles. The number of benzene rings is 2. The summed E-state index contributed by atoms with van der Waals surface area (Å²) in [5.74, 6) is 5.86. The number of carbonyl (C=O) groups excluding carboxylic acids is 2. The van der Waals surface area contributed by atoms with Crippen LogP contribution in [0.5, 0.6) is 11.5 Å². The first-order chi connectivity index (χ1) is 16.9. The highest BCUT2D eigenvalue weighted by atomic mass is 16.7. The molecule has 9 heteroatoms. The summed E-state index contributed by atoms with van der Waals surface area (Å²) in [5.41, 5.74) is 3.39. The van der Waals surface area contributed by atoms with Gasteiger partial charge < -0.3 is 14.6 Å². The minimum absolute atomic E-state index is 0.0765. The molecule has 5 rings (SSSR count). The molecule has 0 radical (unpaired) electrons. The molecule has 0 saturated carbocycles. The maximum absolute atomic E-state index is 11.7. The maximum atomic E-state index is 11.7. The summed E-state index contributed by atoms with van der Waals surface area (Å²) in [7, 11) is 0. The molecular weight excluding hydrogens is 450 g/mol. The number of pyridine rings is 1. The summed E-state index contributed by atoms with van der Waals surface area (Å²) in [5, 5.41) is 10.5. The second kappa shape index (κ2) is 10.6. The number of aliphatic carboxylic acids is 1. The maximum Gasteiger partial charge on any atom is 0.303 e. The lowest BCUT2D eigenvalue weighted by Crippen LogP contribution is -2.36. The first kappa shape index (κ1) is 23.7. The van der Waals surface area contributed by atoms with Crippen molar-refractivity contribution in [1.29, 1.82) is 0 Å². The topological polar surface area (TPSA) is 132 Å². The number of carboxylic acids is 1. The monoisotopic (exact) mass is 473 g/mol. The van der Waals surface area contributed by atoms with Crippen LogP contribution in [0.3, 0.4) is 0 Å². The third-order valence-corrected chi connectivity index (χ3v) is 5.37. The van der Waals surface area contributed by atoms with Gasteiger partial charge in [0.1, 0.15) is 0 Å². The SMILES string of the molecule is NN(Cc1ccnc2ccccc12)C(=O)CCC(=O)O.O=C1C=CC1=Cc1ccc2c(c1)OCO2. The molecule has 1 amide bonds. The van der Waals surface area contributed by atoms with Crippen molar-refractivity contribution >= 4 is 34.6 Å². The molecule has 3 aromatic rings. The van der Waals surface area contributed by atoms with Crippen molar-refractivity contribution in [2.45, 2.75) is 19.4 Å². The summed E-state index contributed by atoms with van der Waals surface area (Å²) < 4.78 is 10.4. The van der Waals surface area contributed by atoms with Crippen molar-refractivity contribution in [3.05, 3.63) is 83.6 Å². The Bertz CT molecular complexity index is 1340. The Balaban J connectivity index is 0.000000171. The molecule has 35 heavy (non-hydrogen) atoms. The van der Waals surface area contributed by atoms with Gasteiger partial charge in [-0.25, -0.2) is 5.84 Å². The fraction of sp³-hybridized carbons (Fsp3) is 0.154. The van der Waals surface area contributed by atoms with E-state index in [0.717, 1.165) is 44.1 Å². The van der Waals surface area contributed by atoms with Crippen LogP contribution in [0.1, 0.15) is 24.0 Å². The van der Waals surface area contributed by atoms with E-state index in [1.807, 2.05) is 48.5 Å². The highest BCUT2D eigenvalue weighted by molar-refractivity contribution is 6.16. The van der Waals surface area contributed by atoms with Crippen LogP contribution in [0.15, 0.2) is 72.5 Å². The normalized spacial score (nSPS) is 14.3. The summed E-state index contributed by atoms with van der Waals surface area (Å²) in [6.07, 6.45) is 6.53. The average molecular weight is 473 g/mol. The lowest BCUT2D eigenvalue weighted by atomic mass is 9.98. The fourth-order valence-electron chi connectivity index (χ4n) is 3.47. The van der Waals surface area contributed by atoms with Gasteiger partial charge in [0.25, 0.3) is 0 Å². The molecule has 1 aliphatic heterocycles. The second-order valence-electron chi connectivity index (χ2n) is 7.81. The number of amides is 1. The molecule has 0 spiro atoms. The van der Waals surface area contributed by atoms with Crippen LogP contribution in [-0.2, 0) is 20.9 Å². The largest absolute Gasteiger partial charge is 0.481 e. The summed E-state index contributed by atoms with van der Waals surface area (Å²) >= 11 is 0. The minimum Gasteiger partial charge on any atom is -0.481 e. The van der Waals surface area contributed by atoms with E-state index in [1.165, 1.54) is 0 Å². The zero-order valence-electron chi connectivity index (χ0n) is 18.7. The predicted octanol–water partition coefficient (Wildman–Crippen LogP) is 3.24. The Morgan fingerprint density at radius 2 is 1.86 bits per heavy atom. The molecule has 2 aliphatic rings. The number of aromatic nitrogens is 1. The number of ketones is 1. The Kier molecular flexibility index (Phi) is 7.18. The van der Waals surface area contributed by atoms with E-state index >= 15 is 0 Å². The van der Waals surface area contributed by atoms with E-state index in [2.05, 4.69) is 4.98 Å². The van der Waals surface area contributed by atoms with Crippen LogP contribution in [-0.4, -0.2) is 39.6 Å². The van der Waals surface area contributed by atoms with Gasteiger partial charge in [0.2, 0.25) is 12.7 Å². The zero-order chi connectivity index (χ0) is 24.8. The van der Waals surface area contributed by atoms with Gasteiger partial charge in [0.15, 0.2) is 17.3 Å². The van der Waals surface area contributed by atoms with Gasteiger partial charge >= 0.3 is 5.97 Å². The third kappa shape index (κ3) is 5.90. The number of rotatable bonds is 6. The molecule has 9 nitrogen and oxygen atoms in total. The van der Waals surface area contributed by atoms with Crippen molar-refractivity contribution < 1.29 is 29.0 Å². The van der Waals surface area contributed by atoms with E-state index in [1.54, 1.807) is 24.4 Å². The van der Waals surface area contributed by atoms with Crippen LogP contribution >= 0.6 is 0 Å². The fourth-order valence-corrected chi connectivity index (χ4v) is 3.47. The molecule has 0 bridgehead atoms. The first-order valence-electron chi connectivity index (χ1n) is 10.8. The molecule has 0 fully saturated rings. The van der Waals surface area contributed by atoms with Crippen LogP contribution in [0, 0.1) is 0 Å². The zero-order valence-corrected chi connectivity index (χ0v) is 18.7. The van der Waals surface area contributed by atoms with Gasteiger partial charge in [-0.1, -0.05) is 24.3 Å². The number of hydrazine groups is 1. The summed E-state index contributed by atoms with van der Waals surface area (Å²) in [6.45, 7) is 0.496. The predicted molar refractivity (Wildman–Crippen MR) is 128 cm³/mol. The minimum atomic E-state index is -1.01. The number of nitrogens with two attached hydrogens (primary N) is 1. The Morgan fingerprint density at radius 1 is 1.06 bits per heavy atom. The van der Waals surface area contributed by atoms with Crippen LogP contribution < -0.4 is 15.3 Å². The molecule has 3 N–H and O–H groups in total. The molecule has 2 aromatic carbocycles. The molecular formula is C26H23N3O6. The van der Waals surface area contributed by atoms with Gasteiger partial charge in [-0.2, -0.15) is 0 Å². The Hall–Kier alpha value is -4.50. The number of carbonyl (C=O) groups is 3. The van der Waals surface area contributed by atoms with E-state index in [0.29, 0.717) is 0 Å². The molecule has 1 aromatic heterocycles. The molecule has 0 atom stereocenters. The smallest absolute Gasteiger partial charge is 0.303 e. The standard InChI is InChI=1S/C14H15N3O3.C12H8O3/c15-17(13(18)5-6-14(19)20)9-10-7-8-16-12-4-2-1-3-11(10)12;13-10-3-2-9(10)5-8-1-4-11-12(6-8)15-7-14-11/h1-4,7-8H,5-6,9,15H2,(H,19,20);1-6H,7H2. The average Bonchev–Trinajstić information content (AvgIpc) is 3.33. The van der Waals surface area contributed by atoms with Gasteiger partial charge in [-0.05, 0) is 53.6 Å². The van der Waals surface area contributed by atoms with Crippen molar-refractivity contribution in [2.24, 2.45) is 5.84 Å². The van der Waals surface area contributed by atoms with Crippen molar-refractivity contribution in [2.75, 3.05) is 6.79 Å². The Labute approximate surface area is 201 Å². The molecule has 0 saturated heterocycles. The number of fused-ring (bicyclic) bond motifs is 2. The van der Waals surface area contributed by atoms with E-state index in [-0.39, 0.29) is 32.0 Å². The third-order valence-electron chi connectivity index (χ3n) is 5.37. The summed E-state index contributed by atoms with van der Waals surface area (Å²) in [6, 6.07) is 15.0.